The van der Waals surface area contributed by atoms with Crippen LogP contribution in [0.3, 0.4) is 0 Å². The first-order valence-corrected chi connectivity index (χ1v) is 4.65. The van der Waals surface area contributed by atoms with E-state index < -0.39 is 23.2 Å². The van der Waals surface area contributed by atoms with Crippen LogP contribution in [0.2, 0.25) is 0 Å². The molecule has 0 atom stereocenters. The summed E-state index contributed by atoms with van der Waals surface area (Å²) in [6, 6.07) is 2.47. The van der Waals surface area contributed by atoms with Gasteiger partial charge in [-0.05, 0) is 12.1 Å². The van der Waals surface area contributed by atoms with Crippen molar-refractivity contribution in [1.29, 1.82) is 0 Å². The van der Waals surface area contributed by atoms with Gasteiger partial charge in [0.2, 0.25) is 0 Å². The Labute approximate surface area is 98.2 Å². The molecule has 0 saturated carbocycles. The van der Waals surface area contributed by atoms with Gasteiger partial charge in [-0.15, -0.1) is 0 Å². The number of rotatable bonds is 1. The molecule has 5 nitrogen and oxygen atoms in total. The number of aromatic nitrogens is 1. The Bertz CT molecular complexity index is 593. The van der Waals surface area contributed by atoms with Gasteiger partial charge in [-0.3, -0.25) is 0 Å². The highest BCUT2D eigenvalue weighted by atomic mass is 19.4. The van der Waals surface area contributed by atoms with Crippen molar-refractivity contribution in [2.75, 3.05) is 5.73 Å². The van der Waals surface area contributed by atoms with E-state index in [1.54, 1.807) is 0 Å². The summed E-state index contributed by atoms with van der Waals surface area (Å²) in [6.45, 7) is 0. The van der Waals surface area contributed by atoms with E-state index in [9.17, 15) is 23.4 Å². The van der Waals surface area contributed by atoms with Gasteiger partial charge in [0, 0.05) is 6.07 Å². The molecule has 96 valence electrons. The first-order chi connectivity index (χ1) is 8.29. The van der Waals surface area contributed by atoms with Crippen molar-refractivity contribution < 1.29 is 27.9 Å². The first-order valence-electron chi connectivity index (χ1n) is 4.65. The molecule has 2 rings (SSSR count). The predicted octanol–water partition coefficient (Wildman–Crippen LogP) is 2.35. The van der Waals surface area contributed by atoms with Crippen LogP contribution in [0.5, 0.6) is 11.5 Å². The molecule has 0 bridgehead atoms. The minimum absolute atomic E-state index is 0.0544. The summed E-state index contributed by atoms with van der Waals surface area (Å²) in [5.74, 6) is -1.95. The van der Waals surface area contributed by atoms with Crippen LogP contribution in [0, 0.1) is 0 Å². The Kier molecular flexibility index (Phi) is 2.57. The van der Waals surface area contributed by atoms with E-state index in [-0.39, 0.29) is 17.1 Å². The Balaban J connectivity index is 2.66. The predicted molar refractivity (Wildman–Crippen MR) is 54.7 cm³/mol. The van der Waals surface area contributed by atoms with Crippen LogP contribution in [0.15, 0.2) is 22.7 Å². The van der Waals surface area contributed by atoms with Gasteiger partial charge in [-0.2, -0.15) is 13.2 Å². The second-order valence-corrected chi connectivity index (χ2v) is 3.50. The molecule has 1 aromatic carbocycles. The second-order valence-electron chi connectivity index (χ2n) is 3.50. The summed E-state index contributed by atoms with van der Waals surface area (Å²) in [5.41, 5.74) is 3.55. The van der Waals surface area contributed by atoms with Gasteiger partial charge in [-0.1, -0.05) is 5.16 Å². The van der Waals surface area contributed by atoms with Gasteiger partial charge in [0.1, 0.15) is 17.1 Å². The number of alkyl halides is 3. The third-order valence-electron chi connectivity index (χ3n) is 2.19. The Morgan fingerprint density at radius 2 is 1.83 bits per heavy atom. The number of nitrogens with two attached hydrogens (primary N) is 1. The molecule has 2 aromatic rings. The van der Waals surface area contributed by atoms with Crippen molar-refractivity contribution in [3.63, 3.8) is 0 Å². The van der Waals surface area contributed by atoms with Crippen LogP contribution >= 0.6 is 0 Å². The van der Waals surface area contributed by atoms with Crippen molar-refractivity contribution in [1.82, 2.24) is 5.16 Å². The number of benzene rings is 1. The van der Waals surface area contributed by atoms with E-state index in [4.69, 9.17) is 5.73 Å². The largest absolute Gasteiger partial charge is 0.508 e. The zero-order valence-corrected chi connectivity index (χ0v) is 8.69. The molecule has 0 aliphatic rings. The minimum atomic E-state index is -4.80. The van der Waals surface area contributed by atoms with Crippen molar-refractivity contribution in [2.24, 2.45) is 0 Å². The van der Waals surface area contributed by atoms with Crippen LogP contribution < -0.4 is 5.73 Å². The van der Waals surface area contributed by atoms with Gasteiger partial charge in [0.15, 0.2) is 11.6 Å². The molecule has 0 aliphatic carbocycles. The number of nitrogens with zero attached hydrogens (tertiary/aromatic N) is 1. The average molecular weight is 260 g/mol. The highest BCUT2D eigenvalue weighted by Crippen LogP contribution is 2.43. The van der Waals surface area contributed by atoms with E-state index in [0.29, 0.717) is 6.07 Å². The van der Waals surface area contributed by atoms with Gasteiger partial charge in [0.05, 0.1) is 5.56 Å². The van der Waals surface area contributed by atoms with Crippen molar-refractivity contribution >= 4 is 5.82 Å². The SMILES string of the molecule is Nc1cc(-c2cc(O)cc(C(F)(F)F)c2O)on1. The van der Waals surface area contributed by atoms with E-state index in [2.05, 4.69) is 9.68 Å². The Morgan fingerprint density at radius 3 is 2.33 bits per heavy atom. The standard InChI is InChI=1S/C10H7F3N2O3/c11-10(12,13)6-2-4(16)1-5(9(6)17)7-3-8(14)15-18-7/h1-3,16-17H,(H2,14,15). The smallest absolute Gasteiger partial charge is 0.420 e. The zero-order chi connectivity index (χ0) is 13.5. The number of nitrogen functional groups attached to an aromatic ring is 1. The monoisotopic (exact) mass is 260 g/mol. The maximum absolute atomic E-state index is 12.6. The molecule has 1 aromatic heterocycles. The molecule has 0 unspecified atom stereocenters. The average Bonchev–Trinajstić information content (AvgIpc) is 2.66. The molecule has 1 heterocycles. The molecule has 8 heteroatoms. The number of phenols is 2. The molecule has 0 aliphatic heterocycles. The van der Waals surface area contributed by atoms with Crippen LogP contribution in [0.4, 0.5) is 19.0 Å². The van der Waals surface area contributed by atoms with E-state index in [1.807, 2.05) is 0 Å². The summed E-state index contributed by atoms with van der Waals surface area (Å²) in [5, 5.41) is 22.1. The third-order valence-corrected chi connectivity index (χ3v) is 2.19. The molecule has 4 N–H and O–H groups in total. The van der Waals surface area contributed by atoms with Gasteiger partial charge in [0.25, 0.3) is 0 Å². The van der Waals surface area contributed by atoms with E-state index in [0.717, 1.165) is 12.1 Å². The molecule has 0 spiro atoms. The Morgan fingerprint density at radius 1 is 1.17 bits per heavy atom. The maximum Gasteiger partial charge on any atom is 0.420 e. The number of hydrogen-bond donors (Lipinski definition) is 3. The molecule has 0 fully saturated rings. The topological polar surface area (TPSA) is 92.5 Å². The van der Waals surface area contributed by atoms with Crippen LogP contribution in [-0.2, 0) is 6.18 Å². The van der Waals surface area contributed by atoms with E-state index in [1.165, 1.54) is 0 Å². The molecule has 18 heavy (non-hydrogen) atoms. The van der Waals surface area contributed by atoms with Gasteiger partial charge >= 0.3 is 6.18 Å². The van der Waals surface area contributed by atoms with Gasteiger partial charge in [-0.25, -0.2) is 0 Å². The minimum Gasteiger partial charge on any atom is -0.508 e. The zero-order valence-electron chi connectivity index (χ0n) is 8.69. The normalized spacial score (nSPS) is 11.7. The van der Waals surface area contributed by atoms with Crippen LogP contribution in [-0.4, -0.2) is 15.4 Å². The van der Waals surface area contributed by atoms with Gasteiger partial charge < -0.3 is 20.5 Å². The van der Waals surface area contributed by atoms with Crippen LogP contribution in [0.25, 0.3) is 11.3 Å². The lowest BCUT2D eigenvalue weighted by molar-refractivity contribution is -0.138. The first kappa shape index (κ1) is 12.1. The van der Waals surface area contributed by atoms with Crippen molar-refractivity contribution in [2.45, 2.75) is 6.18 Å². The number of anilines is 1. The number of halogens is 3. The quantitative estimate of drug-likeness (QED) is 0.684. The number of phenolic OH excluding ortho intramolecular Hbond substituents is 2. The molecular weight excluding hydrogens is 253 g/mol. The third kappa shape index (κ3) is 2.04. The summed E-state index contributed by atoms with van der Waals surface area (Å²) in [7, 11) is 0. The summed E-state index contributed by atoms with van der Waals surface area (Å²) in [6.07, 6.45) is -4.80. The molecule has 0 saturated heterocycles. The number of hydrogen-bond acceptors (Lipinski definition) is 5. The fourth-order valence-corrected chi connectivity index (χ4v) is 1.44. The Hall–Kier alpha value is -2.38. The number of aromatic hydroxyl groups is 2. The lowest BCUT2D eigenvalue weighted by Gasteiger charge is -2.11. The summed E-state index contributed by atoms with van der Waals surface area (Å²) >= 11 is 0. The lowest BCUT2D eigenvalue weighted by Crippen LogP contribution is -2.05. The highest BCUT2D eigenvalue weighted by Gasteiger charge is 2.36. The summed E-state index contributed by atoms with van der Waals surface area (Å²) in [4.78, 5) is 0. The summed E-state index contributed by atoms with van der Waals surface area (Å²) < 4.78 is 42.4. The van der Waals surface area contributed by atoms with Crippen LogP contribution in [0.1, 0.15) is 5.56 Å². The molecule has 0 radical (unpaired) electrons. The second kappa shape index (κ2) is 3.83. The fraction of sp³-hybridized carbons (Fsp3) is 0.100. The molecule has 0 amide bonds. The van der Waals surface area contributed by atoms with Crippen molar-refractivity contribution in [3.8, 4) is 22.8 Å². The maximum atomic E-state index is 12.6. The van der Waals surface area contributed by atoms with Crippen molar-refractivity contribution in [3.05, 3.63) is 23.8 Å². The highest BCUT2D eigenvalue weighted by molar-refractivity contribution is 5.71. The molecular formula is C10H7F3N2O3. The lowest BCUT2D eigenvalue weighted by atomic mass is 10.1. The van der Waals surface area contributed by atoms with E-state index >= 15 is 0 Å². The fourth-order valence-electron chi connectivity index (χ4n) is 1.44.